The average molecular weight is 283 g/mol. The Kier molecular flexibility index (Phi) is 4.71. The molecule has 1 fully saturated rings. The molecule has 1 N–H and O–H groups in total. The Bertz CT molecular complexity index is 541. The lowest BCUT2D eigenvalue weighted by molar-refractivity contribution is 0.380. The van der Waals surface area contributed by atoms with E-state index in [-0.39, 0.29) is 0 Å². The van der Waals surface area contributed by atoms with Crippen LogP contribution in [0.1, 0.15) is 43.7 Å². The van der Waals surface area contributed by atoms with E-state index in [0.29, 0.717) is 6.04 Å². The molecule has 0 saturated heterocycles. The fourth-order valence-corrected chi connectivity index (χ4v) is 3.26. The van der Waals surface area contributed by atoms with E-state index in [1.807, 2.05) is 16.9 Å². The first kappa shape index (κ1) is 14.3. The largest absolute Gasteiger partial charge is 0.310 e. The molecular formula is C18H25N3. The van der Waals surface area contributed by atoms with E-state index in [9.17, 15) is 0 Å². The summed E-state index contributed by atoms with van der Waals surface area (Å²) in [5, 5.41) is 8.13. The summed E-state index contributed by atoms with van der Waals surface area (Å²) in [5.41, 5.74) is 2.57. The van der Waals surface area contributed by atoms with Gasteiger partial charge in [-0.25, -0.2) is 0 Å². The molecule has 0 radical (unpaired) electrons. The van der Waals surface area contributed by atoms with E-state index in [1.165, 1.54) is 36.8 Å². The fraction of sp³-hybridized carbons (Fsp3) is 0.500. The highest BCUT2D eigenvalue weighted by atomic mass is 15.3. The highest BCUT2D eigenvalue weighted by molar-refractivity contribution is 5.15. The molecule has 3 nitrogen and oxygen atoms in total. The smallest absolute Gasteiger partial charge is 0.0659 e. The van der Waals surface area contributed by atoms with Crippen molar-refractivity contribution in [3.63, 3.8) is 0 Å². The third-order valence-electron chi connectivity index (χ3n) is 4.61. The van der Waals surface area contributed by atoms with E-state index in [1.54, 1.807) is 0 Å². The summed E-state index contributed by atoms with van der Waals surface area (Å²) in [5.74, 6) is 0.865. The Labute approximate surface area is 127 Å². The highest BCUT2D eigenvalue weighted by Crippen LogP contribution is 2.27. The van der Waals surface area contributed by atoms with Crippen molar-refractivity contribution in [3.8, 4) is 0 Å². The molecule has 0 amide bonds. The molecule has 2 aromatic rings. The number of benzene rings is 1. The van der Waals surface area contributed by atoms with Gasteiger partial charge in [-0.15, -0.1) is 0 Å². The molecule has 1 aliphatic carbocycles. The van der Waals surface area contributed by atoms with Crippen LogP contribution in [-0.4, -0.2) is 15.8 Å². The summed E-state index contributed by atoms with van der Waals surface area (Å²) in [6, 6.07) is 11.1. The second-order valence-corrected chi connectivity index (χ2v) is 6.25. The molecule has 1 aromatic heterocycles. The van der Waals surface area contributed by atoms with Crippen LogP contribution in [0.3, 0.4) is 0 Å². The van der Waals surface area contributed by atoms with Crippen LogP contribution in [0.5, 0.6) is 0 Å². The molecule has 1 atom stereocenters. The van der Waals surface area contributed by atoms with Crippen LogP contribution < -0.4 is 5.32 Å². The Morgan fingerprint density at radius 1 is 1.19 bits per heavy atom. The van der Waals surface area contributed by atoms with Gasteiger partial charge in [0.25, 0.3) is 0 Å². The number of rotatable bonds is 6. The zero-order valence-electron chi connectivity index (χ0n) is 12.8. The lowest BCUT2D eigenvalue weighted by Crippen LogP contribution is -2.31. The Balaban J connectivity index is 1.50. The van der Waals surface area contributed by atoms with Gasteiger partial charge >= 0.3 is 0 Å². The van der Waals surface area contributed by atoms with Crippen molar-refractivity contribution in [2.75, 3.05) is 0 Å². The summed E-state index contributed by atoms with van der Waals surface area (Å²) in [7, 11) is 0. The predicted molar refractivity (Wildman–Crippen MR) is 86.0 cm³/mol. The molecule has 1 heterocycles. The van der Waals surface area contributed by atoms with Crippen LogP contribution in [0.15, 0.2) is 42.7 Å². The van der Waals surface area contributed by atoms with Crippen LogP contribution in [0.2, 0.25) is 0 Å². The number of nitrogens with one attached hydrogen (secondary N) is 1. The molecule has 3 rings (SSSR count). The van der Waals surface area contributed by atoms with Crippen LogP contribution in [0, 0.1) is 5.92 Å². The maximum absolute atomic E-state index is 4.46. The van der Waals surface area contributed by atoms with Gasteiger partial charge in [-0.3, -0.25) is 4.68 Å². The molecule has 1 aromatic carbocycles. The van der Waals surface area contributed by atoms with Crippen molar-refractivity contribution in [2.45, 2.75) is 51.7 Å². The normalized spacial score (nSPS) is 17.2. The molecule has 1 saturated carbocycles. The van der Waals surface area contributed by atoms with Crippen molar-refractivity contribution in [1.82, 2.24) is 15.1 Å². The van der Waals surface area contributed by atoms with Crippen LogP contribution >= 0.6 is 0 Å². The number of hydrogen-bond acceptors (Lipinski definition) is 2. The second kappa shape index (κ2) is 6.90. The third kappa shape index (κ3) is 3.94. The maximum atomic E-state index is 4.46. The molecule has 112 valence electrons. The number of aromatic nitrogens is 2. The minimum absolute atomic E-state index is 0.616. The summed E-state index contributed by atoms with van der Waals surface area (Å²) < 4.78 is 2.02. The maximum Gasteiger partial charge on any atom is 0.0659 e. The summed E-state index contributed by atoms with van der Waals surface area (Å²) in [6.07, 6.45) is 9.74. The molecule has 1 aliphatic rings. The van der Waals surface area contributed by atoms with E-state index in [0.717, 1.165) is 19.0 Å². The zero-order chi connectivity index (χ0) is 14.5. The molecule has 0 bridgehead atoms. The van der Waals surface area contributed by atoms with E-state index in [2.05, 4.69) is 47.8 Å². The van der Waals surface area contributed by atoms with Gasteiger partial charge in [0.15, 0.2) is 0 Å². The van der Waals surface area contributed by atoms with Crippen molar-refractivity contribution < 1.29 is 0 Å². The lowest BCUT2D eigenvalue weighted by Gasteiger charge is -2.19. The van der Waals surface area contributed by atoms with Gasteiger partial charge in [-0.05, 0) is 31.2 Å². The van der Waals surface area contributed by atoms with Gasteiger partial charge in [0.1, 0.15) is 0 Å². The topological polar surface area (TPSA) is 29.9 Å². The molecule has 0 unspecified atom stereocenters. The van der Waals surface area contributed by atoms with E-state index >= 15 is 0 Å². The average Bonchev–Trinajstić information content (AvgIpc) is 3.17. The van der Waals surface area contributed by atoms with Crippen molar-refractivity contribution >= 4 is 0 Å². The fourth-order valence-electron chi connectivity index (χ4n) is 3.26. The van der Waals surface area contributed by atoms with Crippen molar-refractivity contribution in [3.05, 3.63) is 53.9 Å². The first-order valence-electron chi connectivity index (χ1n) is 8.10. The molecule has 3 heteroatoms. The van der Waals surface area contributed by atoms with Gasteiger partial charge in [-0.1, -0.05) is 43.2 Å². The van der Waals surface area contributed by atoms with Crippen LogP contribution in [-0.2, 0) is 13.1 Å². The van der Waals surface area contributed by atoms with Gasteiger partial charge < -0.3 is 5.32 Å². The molecule has 0 spiro atoms. The zero-order valence-corrected chi connectivity index (χ0v) is 12.8. The van der Waals surface area contributed by atoms with Gasteiger partial charge in [0, 0.05) is 24.3 Å². The first-order chi connectivity index (χ1) is 10.3. The Morgan fingerprint density at radius 3 is 2.71 bits per heavy atom. The minimum atomic E-state index is 0.616. The lowest BCUT2D eigenvalue weighted by atomic mass is 10.00. The SMILES string of the molecule is C[C@@H](NCc1cnn(Cc2ccccc2)c1)C1CCCC1. The molecule has 0 aliphatic heterocycles. The highest BCUT2D eigenvalue weighted by Gasteiger charge is 2.20. The Morgan fingerprint density at radius 2 is 1.95 bits per heavy atom. The summed E-state index contributed by atoms with van der Waals surface area (Å²) in [6.45, 7) is 4.09. The number of nitrogens with zero attached hydrogens (tertiary/aromatic N) is 2. The van der Waals surface area contributed by atoms with Gasteiger partial charge in [0.2, 0.25) is 0 Å². The van der Waals surface area contributed by atoms with E-state index in [4.69, 9.17) is 0 Å². The molecular weight excluding hydrogens is 258 g/mol. The van der Waals surface area contributed by atoms with Crippen molar-refractivity contribution in [2.24, 2.45) is 5.92 Å². The van der Waals surface area contributed by atoms with E-state index < -0.39 is 0 Å². The van der Waals surface area contributed by atoms with Crippen LogP contribution in [0.25, 0.3) is 0 Å². The summed E-state index contributed by atoms with van der Waals surface area (Å²) in [4.78, 5) is 0. The monoisotopic (exact) mass is 283 g/mol. The quantitative estimate of drug-likeness (QED) is 0.878. The van der Waals surface area contributed by atoms with Gasteiger partial charge in [0.05, 0.1) is 12.7 Å². The first-order valence-corrected chi connectivity index (χ1v) is 8.10. The Hall–Kier alpha value is -1.61. The summed E-state index contributed by atoms with van der Waals surface area (Å²) >= 11 is 0. The third-order valence-corrected chi connectivity index (χ3v) is 4.61. The second-order valence-electron chi connectivity index (χ2n) is 6.25. The van der Waals surface area contributed by atoms with Crippen LogP contribution in [0.4, 0.5) is 0 Å². The minimum Gasteiger partial charge on any atom is -0.310 e. The van der Waals surface area contributed by atoms with Crippen molar-refractivity contribution in [1.29, 1.82) is 0 Å². The molecule has 21 heavy (non-hydrogen) atoms. The van der Waals surface area contributed by atoms with Gasteiger partial charge in [-0.2, -0.15) is 5.10 Å². The predicted octanol–water partition coefficient (Wildman–Crippen LogP) is 3.60. The standard InChI is InChI=1S/C18H25N3/c1-15(18-9-5-6-10-18)19-11-17-12-20-21(14-17)13-16-7-3-2-4-8-16/h2-4,7-8,12,14-15,18-19H,5-6,9-11,13H2,1H3/t15-/m1/s1. The number of hydrogen-bond donors (Lipinski definition) is 1.